The van der Waals surface area contributed by atoms with Crippen LogP contribution in [0.2, 0.25) is 0 Å². The van der Waals surface area contributed by atoms with Gasteiger partial charge in [0, 0.05) is 29.0 Å². The van der Waals surface area contributed by atoms with E-state index >= 15 is 0 Å². The van der Waals surface area contributed by atoms with Crippen molar-refractivity contribution in [1.82, 2.24) is 10.2 Å². The quantitative estimate of drug-likeness (QED) is 0.370. The minimum atomic E-state index is -0.416. The molecule has 0 atom stereocenters. The summed E-state index contributed by atoms with van der Waals surface area (Å²) in [6.45, 7) is 0.183. The molecule has 2 N–H and O–H groups in total. The number of non-ortho nitro benzene ring substituents is 1. The van der Waals surface area contributed by atoms with Crippen LogP contribution in [0.1, 0.15) is 16.7 Å². The second-order valence-corrected chi connectivity index (χ2v) is 7.30. The maximum absolute atomic E-state index is 11.8. The molecule has 0 spiro atoms. The number of aliphatic imine (C=N–C) groups is 1. The summed E-state index contributed by atoms with van der Waals surface area (Å²) in [7, 11) is 0. The third kappa shape index (κ3) is 2.79. The maximum Gasteiger partial charge on any atom is 0.295 e. The van der Waals surface area contributed by atoms with Crippen molar-refractivity contribution in [1.29, 1.82) is 0 Å². The molecule has 0 saturated carbocycles. The number of nitro benzene ring substituents is 1. The van der Waals surface area contributed by atoms with Gasteiger partial charge in [0.05, 0.1) is 33.6 Å². The first-order valence-electron chi connectivity index (χ1n) is 9.85. The Labute approximate surface area is 181 Å². The normalized spacial score (nSPS) is 14.2. The van der Waals surface area contributed by atoms with E-state index < -0.39 is 4.92 Å². The molecule has 9 nitrogen and oxygen atoms in total. The number of hydrogen-bond donors (Lipinski definition) is 2. The number of hydrogen-bond acceptors (Lipinski definition) is 7. The van der Waals surface area contributed by atoms with E-state index in [4.69, 9.17) is 14.5 Å². The SMILES string of the molecule is O=[N+]([O-])c1cc2c(c3cn[nH]c13)NC=C(c1ccc3c(c1)OCO3)N=C2c1ccccc1. The Kier molecular flexibility index (Phi) is 3.94. The Bertz CT molecular complexity index is 1460. The fraction of sp³-hybridized carbons (Fsp3) is 0.0435. The zero-order valence-electron chi connectivity index (χ0n) is 16.5. The van der Waals surface area contributed by atoms with Crippen molar-refractivity contribution in [2.75, 3.05) is 12.1 Å². The molecule has 3 aromatic carbocycles. The van der Waals surface area contributed by atoms with Crippen molar-refractivity contribution in [3.8, 4) is 11.5 Å². The first-order valence-corrected chi connectivity index (χ1v) is 9.85. The molecule has 9 heteroatoms. The van der Waals surface area contributed by atoms with E-state index in [1.165, 1.54) is 6.07 Å². The zero-order chi connectivity index (χ0) is 21.7. The number of rotatable bonds is 3. The zero-order valence-corrected chi connectivity index (χ0v) is 16.5. The van der Waals surface area contributed by atoms with Crippen LogP contribution in [-0.4, -0.2) is 27.6 Å². The molecule has 4 aromatic rings. The Morgan fingerprint density at radius 3 is 2.69 bits per heavy atom. The van der Waals surface area contributed by atoms with E-state index in [1.54, 1.807) is 12.4 Å². The van der Waals surface area contributed by atoms with Gasteiger partial charge >= 0.3 is 0 Å². The molecule has 156 valence electrons. The van der Waals surface area contributed by atoms with Gasteiger partial charge in [0.15, 0.2) is 11.5 Å². The number of ether oxygens (including phenoxy) is 2. The Balaban J connectivity index is 1.60. The third-order valence-electron chi connectivity index (χ3n) is 5.47. The van der Waals surface area contributed by atoms with Crippen molar-refractivity contribution in [3.63, 3.8) is 0 Å². The predicted octanol–water partition coefficient (Wildman–Crippen LogP) is 4.46. The second-order valence-electron chi connectivity index (χ2n) is 7.30. The largest absolute Gasteiger partial charge is 0.454 e. The lowest BCUT2D eigenvalue weighted by Crippen LogP contribution is -2.07. The minimum absolute atomic E-state index is 0.0618. The van der Waals surface area contributed by atoms with Crippen LogP contribution < -0.4 is 14.8 Å². The first-order chi connectivity index (χ1) is 15.7. The number of aromatic nitrogens is 2. The number of H-pyrrole nitrogens is 1. The molecule has 6 rings (SSSR count). The number of fused-ring (bicyclic) bond motifs is 4. The van der Waals surface area contributed by atoms with Crippen LogP contribution in [0.15, 0.2) is 72.0 Å². The van der Waals surface area contributed by atoms with Gasteiger partial charge in [0.25, 0.3) is 5.69 Å². The topological polar surface area (TPSA) is 115 Å². The van der Waals surface area contributed by atoms with Gasteiger partial charge in [-0.25, -0.2) is 4.99 Å². The summed E-state index contributed by atoms with van der Waals surface area (Å²) in [4.78, 5) is 16.3. The number of nitro groups is 1. The fourth-order valence-electron chi connectivity index (χ4n) is 3.96. The molecule has 32 heavy (non-hydrogen) atoms. The van der Waals surface area contributed by atoms with Crippen molar-refractivity contribution in [3.05, 3.63) is 93.8 Å². The van der Waals surface area contributed by atoms with E-state index in [-0.39, 0.29) is 12.5 Å². The van der Waals surface area contributed by atoms with Gasteiger partial charge in [-0.3, -0.25) is 15.2 Å². The number of aromatic amines is 1. The van der Waals surface area contributed by atoms with Crippen molar-refractivity contribution >= 4 is 33.7 Å². The highest BCUT2D eigenvalue weighted by molar-refractivity contribution is 6.22. The average Bonchev–Trinajstić information content (AvgIpc) is 3.45. The molecule has 0 bridgehead atoms. The fourth-order valence-corrected chi connectivity index (χ4v) is 3.96. The molecular weight excluding hydrogens is 410 g/mol. The third-order valence-corrected chi connectivity index (χ3v) is 5.47. The van der Waals surface area contributed by atoms with Gasteiger partial charge < -0.3 is 14.8 Å². The molecular formula is C23H15N5O4. The molecule has 0 radical (unpaired) electrons. The number of benzene rings is 3. The highest BCUT2D eigenvalue weighted by Crippen LogP contribution is 2.39. The van der Waals surface area contributed by atoms with Gasteiger partial charge in [0.1, 0.15) is 5.52 Å². The average molecular weight is 425 g/mol. The van der Waals surface area contributed by atoms with E-state index in [0.717, 1.165) is 11.1 Å². The van der Waals surface area contributed by atoms with Crippen molar-refractivity contribution in [2.24, 2.45) is 4.99 Å². The highest BCUT2D eigenvalue weighted by atomic mass is 16.7. The molecule has 3 heterocycles. The molecule has 1 aromatic heterocycles. The summed E-state index contributed by atoms with van der Waals surface area (Å²) in [6.07, 6.45) is 3.36. The lowest BCUT2D eigenvalue weighted by molar-refractivity contribution is -0.383. The number of nitrogens with zero attached hydrogens (tertiary/aromatic N) is 3. The van der Waals surface area contributed by atoms with Crippen LogP contribution in [0.4, 0.5) is 11.4 Å². The van der Waals surface area contributed by atoms with Gasteiger partial charge in [-0.2, -0.15) is 5.10 Å². The van der Waals surface area contributed by atoms with E-state index in [1.807, 2.05) is 48.5 Å². The molecule has 0 aliphatic carbocycles. The van der Waals surface area contributed by atoms with Crippen LogP contribution in [-0.2, 0) is 0 Å². The van der Waals surface area contributed by atoms with E-state index in [2.05, 4.69) is 15.5 Å². The number of anilines is 1. The van der Waals surface area contributed by atoms with E-state index in [9.17, 15) is 10.1 Å². The molecule has 2 aliphatic rings. The summed E-state index contributed by atoms with van der Waals surface area (Å²) in [5.41, 5.74) is 4.52. The summed E-state index contributed by atoms with van der Waals surface area (Å²) >= 11 is 0. The van der Waals surface area contributed by atoms with Crippen LogP contribution >= 0.6 is 0 Å². The van der Waals surface area contributed by atoms with Crippen LogP contribution in [0.25, 0.3) is 16.6 Å². The molecule has 0 saturated heterocycles. The maximum atomic E-state index is 11.8. The predicted molar refractivity (Wildman–Crippen MR) is 119 cm³/mol. The Morgan fingerprint density at radius 2 is 1.84 bits per heavy atom. The summed E-state index contributed by atoms with van der Waals surface area (Å²) in [5, 5.41) is 22.5. The van der Waals surface area contributed by atoms with E-state index in [0.29, 0.717) is 45.1 Å². The van der Waals surface area contributed by atoms with Crippen molar-refractivity contribution in [2.45, 2.75) is 0 Å². The lowest BCUT2D eigenvalue weighted by Gasteiger charge is -2.11. The monoisotopic (exact) mass is 425 g/mol. The smallest absolute Gasteiger partial charge is 0.295 e. The van der Waals surface area contributed by atoms with Gasteiger partial charge in [-0.15, -0.1) is 0 Å². The molecule has 0 unspecified atom stereocenters. The van der Waals surface area contributed by atoms with Gasteiger partial charge in [-0.1, -0.05) is 30.3 Å². The van der Waals surface area contributed by atoms with Gasteiger partial charge in [0.2, 0.25) is 6.79 Å². The molecule has 2 aliphatic heterocycles. The van der Waals surface area contributed by atoms with Crippen LogP contribution in [0, 0.1) is 10.1 Å². The van der Waals surface area contributed by atoms with Crippen LogP contribution in [0.3, 0.4) is 0 Å². The standard InChI is InChI=1S/C23H15N5O4/c29-28(30)18-9-15-21(13-4-2-1-3-5-13)26-17(11-24-22(15)16-10-25-27-23(16)18)14-6-7-19-20(8-14)32-12-31-19/h1-11,24H,12H2,(H,25,27). The summed E-state index contributed by atoms with van der Waals surface area (Å²) in [5.74, 6) is 1.33. The van der Waals surface area contributed by atoms with Gasteiger partial charge in [-0.05, 0) is 18.2 Å². The van der Waals surface area contributed by atoms with Crippen molar-refractivity contribution < 1.29 is 14.4 Å². The lowest BCUT2D eigenvalue weighted by atomic mass is 9.98. The summed E-state index contributed by atoms with van der Waals surface area (Å²) < 4.78 is 10.9. The Morgan fingerprint density at radius 1 is 1.00 bits per heavy atom. The minimum Gasteiger partial charge on any atom is -0.454 e. The Hall–Kier alpha value is -4.66. The highest BCUT2D eigenvalue weighted by Gasteiger charge is 2.26. The first kappa shape index (κ1) is 18.1. The second kappa shape index (κ2) is 6.95. The number of nitrogens with one attached hydrogen (secondary N) is 2. The molecule has 0 amide bonds. The summed E-state index contributed by atoms with van der Waals surface area (Å²) in [6, 6.07) is 16.7. The van der Waals surface area contributed by atoms with Crippen LogP contribution in [0.5, 0.6) is 11.5 Å². The molecule has 0 fully saturated rings.